The van der Waals surface area contributed by atoms with Gasteiger partial charge in [-0.15, -0.1) is 0 Å². The summed E-state index contributed by atoms with van der Waals surface area (Å²) in [5.41, 5.74) is 5.10. The zero-order valence-corrected chi connectivity index (χ0v) is 13.6. The van der Waals surface area contributed by atoms with E-state index in [0.29, 0.717) is 12.3 Å². The maximum absolute atomic E-state index is 12.2. The lowest BCUT2D eigenvalue weighted by atomic mass is 9.96. The van der Waals surface area contributed by atoms with Crippen LogP contribution in [0.1, 0.15) is 37.9 Å². The Balaban J connectivity index is 1.83. The van der Waals surface area contributed by atoms with Gasteiger partial charge >= 0.3 is 0 Å². The Kier molecular flexibility index (Phi) is 4.06. The van der Waals surface area contributed by atoms with E-state index < -0.39 is 0 Å². The van der Waals surface area contributed by atoms with Crippen LogP contribution in [0.2, 0.25) is 0 Å². The molecule has 3 rings (SSSR count). The number of H-pyrrole nitrogens is 1. The second kappa shape index (κ2) is 5.99. The van der Waals surface area contributed by atoms with E-state index in [1.54, 1.807) is 0 Å². The number of amides is 1. The molecule has 3 nitrogen and oxygen atoms in total. The van der Waals surface area contributed by atoms with Crippen molar-refractivity contribution in [3.63, 3.8) is 0 Å². The first kappa shape index (κ1) is 14.9. The van der Waals surface area contributed by atoms with Crippen LogP contribution < -0.4 is 0 Å². The van der Waals surface area contributed by atoms with E-state index in [1.165, 1.54) is 27.7 Å². The molecule has 2 aromatic rings. The molecule has 0 atom stereocenters. The number of aryl methyl sites for hydroxylation is 1. The molecule has 1 aliphatic heterocycles. The number of carbonyl (C=O) groups excluding carboxylic acids is 1. The number of hydrogen-bond donors (Lipinski definition) is 1. The summed E-state index contributed by atoms with van der Waals surface area (Å²) in [6.07, 6.45) is 3.81. The van der Waals surface area contributed by atoms with Gasteiger partial charge in [-0.3, -0.25) is 4.79 Å². The Labute approximate surface area is 132 Å². The molecule has 0 spiro atoms. The molecule has 0 saturated carbocycles. The molecular formula is C19H24N2O. The lowest BCUT2D eigenvalue weighted by molar-refractivity contribution is -0.131. The van der Waals surface area contributed by atoms with Crippen LogP contribution in [0.4, 0.5) is 0 Å². The molecule has 1 aromatic carbocycles. The molecule has 1 aliphatic rings. The minimum atomic E-state index is 0.279. The number of hydrogen-bond acceptors (Lipinski definition) is 1. The van der Waals surface area contributed by atoms with Crippen molar-refractivity contribution < 1.29 is 4.79 Å². The number of aromatic amines is 1. The molecule has 0 radical (unpaired) electrons. The van der Waals surface area contributed by atoms with Crippen LogP contribution >= 0.6 is 0 Å². The second-order valence-corrected chi connectivity index (χ2v) is 6.59. The van der Waals surface area contributed by atoms with Crippen LogP contribution in [0.15, 0.2) is 30.3 Å². The standard InChI is InChI=1S/C19H24N2O/c1-13(2)12-18(22)21-10-8-15(9-11-21)19-14(3)20-17-7-5-4-6-16(17)19/h4-8,13,20H,9-12H2,1-3H3. The van der Waals surface area contributed by atoms with Gasteiger partial charge in [0.1, 0.15) is 0 Å². The first-order chi connectivity index (χ1) is 10.6. The zero-order valence-electron chi connectivity index (χ0n) is 13.6. The van der Waals surface area contributed by atoms with Crippen molar-refractivity contribution in [3.05, 3.63) is 41.6 Å². The zero-order chi connectivity index (χ0) is 15.7. The Morgan fingerprint density at radius 3 is 2.77 bits per heavy atom. The highest BCUT2D eigenvalue weighted by Gasteiger charge is 2.21. The van der Waals surface area contributed by atoms with Crippen molar-refractivity contribution in [1.82, 2.24) is 9.88 Å². The summed E-state index contributed by atoms with van der Waals surface area (Å²) in [5.74, 6) is 0.703. The fourth-order valence-electron chi connectivity index (χ4n) is 3.29. The Morgan fingerprint density at radius 2 is 2.09 bits per heavy atom. The van der Waals surface area contributed by atoms with Gasteiger partial charge in [-0.05, 0) is 30.9 Å². The van der Waals surface area contributed by atoms with Crippen LogP contribution in [0.5, 0.6) is 0 Å². The highest BCUT2D eigenvalue weighted by Crippen LogP contribution is 2.32. The van der Waals surface area contributed by atoms with Gasteiger partial charge in [-0.25, -0.2) is 0 Å². The summed E-state index contributed by atoms with van der Waals surface area (Å²) < 4.78 is 0. The van der Waals surface area contributed by atoms with Gasteiger partial charge in [-0.2, -0.15) is 0 Å². The van der Waals surface area contributed by atoms with Crippen LogP contribution in [0.25, 0.3) is 16.5 Å². The predicted molar refractivity (Wildman–Crippen MR) is 91.7 cm³/mol. The van der Waals surface area contributed by atoms with Gasteiger partial charge in [0.15, 0.2) is 0 Å². The predicted octanol–water partition coefficient (Wildman–Crippen LogP) is 4.14. The van der Waals surface area contributed by atoms with Crippen molar-refractivity contribution in [2.24, 2.45) is 5.92 Å². The molecule has 116 valence electrons. The molecule has 0 aliphatic carbocycles. The fourth-order valence-corrected chi connectivity index (χ4v) is 3.29. The summed E-state index contributed by atoms with van der Waals surface area (Å²) in [7, 11) is 0. The lowest BCUT2D eigenvalue weighted by Crippen LogP contribution is -2.35. The molecular weight excluding hydrogens is 272 g/mol. The van der Waals surface area contributed by atoms with Crippen molar-refractivity contribution in [2.45, 2.75) is 33.6 Å². The summed E-state index contributed by atoms with van der Waals surface area (Å²) in [6, 6.07) is 8.43. The summed E-state index contributed by atoms with van der Waals surface area (Å²) >= 11 is 0. The largest absolute Gasteiger partial charge is 0.358 e. The van der Waals surface area contributed by atoms with E-state index in [-0.39, 0.29) is 5.91 Å². The van der Waals surface area contributed by atoms with Gasteiger partial charge < -0.3 is 9.88 Å². The monoisotopic (exact) mass is 296 g/mol. The van der Waals surface area contributed by atoms with Crippen LogP contribution in [0, 0.1) is 12.8 Å². The first-order valence-electron chi connectivity index (χ1n) is 8.10. The third kappa shape index (κ3) is 2.80. The normalized spacial score (nSPS) is 15.5. The maximum atomic E-state index is 12.2. The van der Waals surface area contributed by atoms with Crippen molar-refractivity contribution in [1.29, 1.82) is 0 Å². The Bertz CT molecular complexity index is 724. The molecule has 0 saturated heterocycles. The number of aromatic nitrogens is 1. The van der Waals surface area contributed by atoms with Gasteiger partial charge in [0.25, 0.3) is 0 Å². The van der Waals surface area contributed by atoms with Crippen molar-refractivity contribution >= 4 is 22.4 Å². The van der Waals surface area contributed by atoms with E-state index >= 15 is 0 Å². The minimum Gasteiger partial charge on any atom is -0.358 e. The number of nitrogens with one attached hydrogen (secondary N) is 1. The molecule has 22 heavy (non-hydrogen) atoms. The van der Waals surface area contributed by atoms with Crippen molar-refractivity contribution in [2.75, 3.05) is 13.1 Å². The quantitative estimate of drug-likeness (QED) is 0.908. The van der Waals surface area contributed by atoms with E-state index in [1.807, 2.05) is 4.90 Å². The van der Waals surface area contributed by atoms with Crippen LogP contribution in [-0.2, 0) is 4.79 Å². The minimum absolute atomic E-state index is 0.279. The maximum Gasteiger partial charge on any atom is 0.223 e. The summed E-state index contributed by atoms with van der Waals surface area (Å²) in [6.45, 7) is 7.89. The fraction of sp³-hybridized carbons (Fsp3) is 0.421. The lowest BCUT2D eigenvalue weighted by Gasteiger charge is -2.27. The Morgan fingerprint density at radius 1 is 1.32 bits per heavy atom. The van der Waals surface area contributed by atoms with E-state index in [0.717, 1.165) is 19.5 Å². The number of nitrogens with zero attached hydrogens (tertiary/aromatic N) is 1. The summed E-state index contributed by atoms with van der Waals surface area (Å²) in [5, 5.41) is 1.29. The van der Waals surface area contributed by atoms with Crippen LogP contribution in [0.3, 0.4) is 0 Å². The van der Waals surface area contributed by atoms with E-state index in [4.69, 9.17) is 0 Å². The highest BCUT2D eigenvalue weighted by atomic mass is 16.2. The highest BCUT2D eigenvalue weighted by molar-refractivity contribution is 5.94. The molecule has 1 N–H and O–H groups in total. The van der Waals surface area contributed by atoms with Crippen molar-refractivity contribution in [3.8, 4) is 0 Å². The second-order valence-electron chi connectivity index (χ2n) is 6.59. The SMILES string of the molecule is Cc1[nH]c2ccccc2c1C1=CCN(C(=O)CC(C)C)CC1. The number of fused-ring (bicyclic) bond motifs is 1. The number of benzene rings is 1. The molecule has 0 bridgehead atoms. The van der Waals surface area contributed by atoms with E-state index in [9.17, 15) is 4.79 Å². The molecule has 3 heteroatoms. The molecule has 1 aromatic heterocycles. The third-order valence-corrected chi connectivity index (χ3v) is 4.36. The van der Waals surface area contributed by atoms with Gasteiger partial charge in [-0.1, -0.05) is 38.1 Å². The van der Waals surface area contributed by atoms with Gasteiger partial charge in [0.05, 0.1) is 0 Å². The topological polar surface area (TPSA) is 36.1 Å². The number of carbonyl (C=O) groups is 1. The van der Waals surface area contributed by atoms with Crippen LogP contribution in [-0.4, -0.2) is 28.9 Å². The molecule has 2 heterocycles. The smallest absolute Gasteiger partial charge is 0.223 e. The van der Waals surface area contributed by atoms with E-state index in [2.05, 4.69) is 56.1 Å². The molecule has 0 fully saturated rings. The molecule has 1 amide bonds. The molecule has 0 unspecified atom stereocenters. The number of para-hydroxylation sites is 1. The average Bonchev–Trinajstić information content (AvgIpc) is 2.82. The first-order valence-corrected chi connectivity index (χ1v) is 8.10. The number of rotatable bonds is 3. The Hall–Kier alpha value is -2.03. The van der Waals surface area contributed by atoms with Gasteiger partial charge in [0, 0.05) is 41.7 Å². The third-order valence-electron chi connectivity index (χ3n) is 4.36. The van der Waals surface area contributed by atoms with Gasteiger partial charge in [0.2, 0.25) is 5.91 Å². The summed E-state index contributed by atoms with van der Waals surface area (Å²) in [4.78, 5) is 17.6. The average molecular weight is 296 g/mol.